The van der Waals surface area contributed by atoms with Crippen molar-refractivity contribution in [3.63, 3.8) is 0 Å². The number of H-pyrrole nitrogens is 1. The van der Waals surface area contributed by atoms with Gasteiger partial charge in [-0.05, 0) is 37.6 Å². The Morgan fingerprint density at radius 3 is 2.79 bits per heavy atom. The van der Waals surface area contributed by atoms with Gasteiger partial charge in [0.2, 0.25) is 0 Å². The van der Waals surface area contributed by atoms with E-state index < -0.39 is 0 Å². The molecular weight excluding hydrogens is 242 g/mol. The van der Waals surface area contributed by atoms with Gasteiger partial charge in [0.05, 0.1) is 13.2 Å². The maximum Gasteiger partial charge on any atom is 0.355 e. The van der Waals surface area contributed by atoms with Crippen molar-refractivity contribution in [2.75, 3.05) is 13.2 Å². The minimum atomic E-state index is -0.343. The Labute approximate surface area is 112 Å². The zero-order valence-electron chi connectivity index (χ0n) is 11.1. The largest absolute Gasteiger partial charge is 0.494 e. The van der Waals surface area contributed by atoms with Crippen LogP contribution in [0.1, 0.15) is 24.3 Å². The molecule has 0 bridgehead atoms. The molecule has 0 spiro atoms. The SMILES string of the molecule is CCOC(=O)c1[nH]ccc1-c1cccc(OCC)c1. The molecule has 0 atom stereocenters. The number of benzene rings is 1. The normalized spacial score (nSPS) is 10.2. The highest BCUT2D eigenvalue weighted by molar-refractivity contribution is 5.95. The molecule has 0 aliphatic carbocycles. The molecule has 0 aliphatic rings. The highest BCUT2D eigenvalue weighted by Crippen LogP contribution is 2.27. The lowest BCUT2D eigenvalue weighted by molar-refractivity contribution is 0.0521. The van der Waals surface area contributed by atoms with Crippen molar-refractivity contribution in [3.8, 4) is 16.9 Å². The molecule has 0 aliphatic heterocycles. The van der Waals surface area contributed by atoms with E-state index in [4.69, 9.17) is 9.47 Å². The average Bonchev–Trinajstić information content (AvgIpc) is 2.89. The van der Waals surface area contributed by atoms with Crippen molar-refractivity contribution in [3.05, 3.63) is 42.2 Å². The van der Waals surface area contributed by atoms with Crippen molar-refractivity contribution < 1.29 is 14.3 Å². The van der Waals surface area contributed by atoms with Crippen LogP contribution in [-0.2, 0) is 4.74 Å². The van der Waals surface area contributed by atoms with Crippen LogP contribution in [0.15, 0.2) is 36.5 Å². The van der Waals surface area contributed by atoms with Gasteiger partial charge < -0.3 is 14.5 Å². The molecule has 0 fully saturated rings. The first kappa shape index (κ1) is 13.2. The topological polar surface area (TPSA) is 51.3 Å². The monoisotopic (exact) mass is 259 g/mol. The zero-order valence-corrected chi connectivity index (χ0v) is 11.1. The molecule has 1 heterocycles. The van der Waals surface area contributed by atoms with Crippen molar-refractivity contribution in [2.45, 2.75) is 13.8 Å². The first-order valence-electron chi connectivity index (χ1n) is 6.34. The summed E-state index contributed by atoms with van der Waals surface area (Å²) in [6.07, 6.45) is 1.73. The summed E-state index contributed by atoms with van der Waals surface area (Å²) in [5.74, 6) is 0.445. The Balaban J connectivity index is 2.34. The number of nitrogens with one attached hydrogen (secondary N) is 1. The van der Waals surface area contributed by atoms with E-state index in [-0.39, 0.29) is 5.97 Å². The Morgan fingerprint density at radius 2 is 2.05 bits per heavy atom. The highest BCUT2D eigenvalue weighted by Gasteiger charge is 2.15. The Hall–Kier alpha value is -2.23. The predicted molar refractivity (Wildman–Crippen MR) is 73.4 cm³/mol. The fraction of sp³-hybridized carbons (Fsp3) is 0.267. The van der Waals surface area contributed by atoms with Gasteiger partial charge in [0.1, 0.15) is 11.4 Å². The third-order valence-corrected chi connectivity index (χ3v) is 2.68. The molecule has 0 saturated carbocycles. The Bertz CT molecular complexity index is 560. The molecule has 0 saturated heterocycles. The van der Waals surface area contributed by atoms with Crippen LogP contribution in [0.2, 0.25) is 0 Å². The molecule has 1 aromatic heterocycles. The molecule has 0 radical (unpaired) electrons. The van der Waals surface area contributed by atoms with E-state index in [1.165, 1.54) is 0 Å². The lowest BCUT2D eigenvalue weighted by atomic mass is 10.1. The third-order valence-electron chi connectivity index (χ3n) is 2.68. The third kappa shape index (κ3) is 2.96. The Kier molecular flexibility index (Phi) is 4.23. The van der Waals surface area contributed by atoms with Gasteiger partial charge >= 0.3 is 5.97 Å². The molecule has 1 N–H and O–H groups in total. The van der Waals surface area contributed by atoms with Crippen LogP contribution in [0.5, 0.6) is 5.75 Å². The zero-order chi connectivity index (χ0) is 13.7. The minimum absolute atomic E-state index is 0.343. The second-order valence-corrected chi connectivity index (χ2v) is 3.95. The van der Waals surface area contributed by atoms with Gasteiger partial charge in [-0.2, -0.15) is 0 Å². The summed E-state index contributed by atoms with van der Waals surface area (Å²) in [5, 5.41) is 0. The lowest BCUT2D eigenvalue weighted by Crippen LogP contribution is -2.06. The van der Waals surface area contributed by atoms with Gasteiger partial charge in [-0.3, -0.25) is 0 Å². The number of carbonyl (C=O) groups excluding carboxylic acids is 1. The molecule has 2 rings (SSSR count). The van der Waals surface area contributed by atoms with Crippen LogP contribution in [0.3, 0.4) is 0 Å². The molecule has 0 unspecified atom stereocenters. The number of rotatable bonds is 5. The summed E-state index contributed by atoms with van der Waals surface area (Å²) >= 11 is 0. The minimum Gasteiger partial charge on any atom is -0.494 e. The molecule has 1 aromatic carbocycles. The first-order chi connectivity index (χ1) is 9.26. The first-order valence-corrected chi connectivity index (χ1v) is 6.34. The summed E-state index contributed by atoms with van der Waals surface area (Å²) in [5.41, 5.74) is 2.21. The van der Waals surface area contributed by atoms with Gasteiger partial charge in [-0.1, -0.05) is 12.1 Å². The molecule has 100 valence electrons. The molecule has 4 heteroatoms. The van der Waals surface area contributed by atoms with Gasteiger partial charge in [-0.25, -0.2) is 4.79 Å². The lowest BCUT2D eigenvalue weighted by Gasteiger charge is -2.07. The van der Waals surface area contributed by atoms with E-state index in [1.54, 1.807) is 13.1 Å². The second-order valence-electron chi connectivity index (χ2n) is 3.95. The van der Waals surface area contributed by atoms with Crippen molar-refractivity contribution >= 4 is 5.97 Å². The summed E-state index contributed by atoms with van der Waals surface area (Å²) in [4.78, 5) is 14.8. The van der Waals surface area contributed by atoms with Gasteiger partial charge in [0, 0.05) is 11.8 Å². The van der Waals surface area contributed by atoms with E-state index in [0.717, 1.165) is 16.9 Å². The summed E-state index contributed by atoms with van der Waals surface area (Å²) in [7, 11) is 0. The quantitative estimate of drug-likeness (QED) is 0.838. The smallest absolute Gasteiger partial charge is 0.355 e. The van der Waals surface area contributed by atoms with Crippen LogP contribution < -0.4 is 4.74 Å². The highest BCUT2D eigenvalue weighted by atomic mass is 16.5. The van der Waals surface area contributed by atoms with Crippen LogP contribution in [-0.4, -0.2) is 24.2 Å². The predicted octanol–water partition coefficient (Wildman–Crippen LogP) is 3.26. The Morgan fingerprint density at radius 1 is 1.21 bits per heavy atom. The van der Waals surface area contributed by atoms with Crippen molar-refractivity contribution in [1.29, 1.82) is 0 Å². The molecule has 0 amide bonds. The van der Waals surface area contributed by atoms with E-state index >= 15 is 0 Å². The number of aromatic nitrogens is 1. The number of aromatic amines is 1. The number of hydrogen-bond donors (Lipinski definition) is 1. The van der Waals surface area contributed by atoms with Crippen LogP contribution >= 0.6 is 0 Å². The van der Waals surface area contributed by atoms with Crippen LogP contribution in [0.25, 0.3) is 11.1 Å². The van der Waals surface area contributed by atoms with Crippen LogP contribution in [0.4, 0.5) is 0 Å². The van der Waals surface area contributed by atoms with E-state index in [1.807, 2.05) is 37.3 Å². The van der Waals surface area contributed by atoms with Crippen LogP contribution in [0, 0.1) is 0 Å². The molecule has 4 nitrogen and oxygen atoms in total. The standard InChI is InChI=1S/C15H17NO3/c1-3-18-12-7-5-6-11(10-12)13-8-9-16-14(13)15(17)19-4-2/h5-10,16H,3-4H2,1-2H3. The number of carbonyl (C=O) groups is 1. The second kappa shape index (κ2) is 6.09. The fourth-order valence-electron chi connectivity index (χ4n) is 1.90. The van der Waals surface area contributed by atoms with E-state index in [9.17, 15) is 4.79 Å². The summed E-state index contributed by atoms with van der Waals surface area (Å²) in [6, 6.07) is 9.51. The van der Waals surface area contributed by atoms with E-state index in [0.29, 0.717) is 18.9 Å². The average molecular weight is 259 g/mol. The van der Waals surface area contributed by atoms with Gasteiger partial charge in [0.15, 0.2) is 0 Å². The molecule has 2 aromatic rings. The van der Waals surface area contributed by atoms with E-state index in [2.05, 4.69) is 4.98 Å². The number of ether oxygens (including phenoxy) is 2. The number of esters is 1. The molecule has 19 heavy (non-hydrogen) atoms. The maximum absolute atomic E-state index is 11.8. The summed E-state index contributed by atoms with van der Waals surface area (Å²) in [6.45, 7) is 4.70. The summed E-state index contributed by atoms with van der Waals surface area (Å²) < 4.78 is 10.5. The van der Waals surface area contributed by atoms with Crippen molar-refractivity contribution in [1.82, 2.24) is 4.98 Å². The fourth-order valence-corrected chi connectivity index (χ4v) is 1.90. The van der Waals surface area contributed by atoms with Gasteiger partial charge in [0.25, 0.3) is 0 Å². The molecular formula is C15H17NO3. The maximum atomic E-state index is 11.8. The van der Waals surface area contributed by atoms with Gasteiger partial charge in [-0.15, -0.1) is 0 Å². The van der Waals surface area contributed by atoms with Crippen molar-refractivity contribution in [2.24, 2.45) is 0 Å². The number of hydrogen-bond acceptors (Lipinski definition) is 3.